The van der Waals surface area contributed by atoms with Crippen LogP contribution in [0.3, 0.4) is 0 Å². The summed E-state index contributed by atoms with van der Waals surface area (Å²) < 4.78 is 5.62. The number of ether oxygens (including phenoxy) is 1. The van der Waals surface area contributed by atoms with Crippen LogP contribution in [0.1, 0.15) is 46.0 Å². The van der Waals surface area contributed by atoms with Crippen molar-refractivity contribution >= 4 is 5.91 Å². The summed E-state index contributed by atoms with van der Waals surface area (Å²) in [4.78, 5) is 17.5. The van der Waals surface area contributed by atoms with E-state index in [9.17, 15) is 4.79 Å². The summed E-state index contributed by atoms with van der Waals surface area (Å²) in [6.07, 6.45) is 5.42. The minimum Gasteiger partial charge on any atom is -0.368 e. The van der Waals surface area contributed by atoms with Crippen LogP contribution in [0, 0.1) is 11.8 Å². The van der Waals surface area contributed by atoms with Gasteiger partial charge in [0.1, 0.15) is 6.10 Å². The smallest absolute Gasteiger partial charge is 0.251 e. The molecule has 0 N–H and O–H groups in total. The Balaban J connectivity index is 1.61. The van der Waals surface area contributed by atoms with Crippen LogP contribution in [0.2, 0.25) is 0 Å². The molecule has 0 spiro atoms. The summed E-state index contributed by atoms with van der Waals surface area (Å²) in [5.41, 5.74) is 0. The Kier molecular flexibility index (Phi) is 4.85. The van der Waals surface area contributed by atoms with Crippen LogP contribution in [0.15, 0.2) is 0 Å². The third-order valence-corrected chi connectivity index (χ3v) is 5.26. The number of rotatable bonds is 3. The normalized spacial score (nSPS) is 34.2. The van der Waals surface area contributed by atoms with Gasteiger partial charge in [0, 0.05) is 38.8 Å². The Morgan fingerprint density at radius 2 is 2.05 bits per heavy atom. The maximum absolute atomic E-state index is 12.7. The lowest BCUT2D eigenvalue weighted by atomic mass is 9.83. The molecule has 3 saturated heterocycles. The first-order chi connectivity index (χ1) is 10.1. The molecule has 3 aliphatic heterocycles. The van der Waals surface area contributed by atoms with E-state index in [1.165, 1.54) is 19.5 Å². The number of hydrogen-bond acceptors (Lipinski definition) is 3. The predicted octanol–water partition coefficient (Wildman–Crippen LogP) is 2.13. The molecule has 0 aromatic rings. The van der Waals surface area contributed by atoms with Crippen LogP contribution >= 0.6 is 0 Å². The molecule has 1 unspecified atom stereocenters. The zero-order valence-electron chi connectivity index (χ0n) is 13.6. The van der Waals surface area contributed by atoms with Crippen molar-refractivity contribution in [3.05, 3.63) is 0 Å². The summed E-state index contributed by atoms with van der Waals surface area (Å²) in [5.74, 6) is 1.69. The minimum absolute atomic E-state index is 0.141. The maximum atomic E-state index is 12.7. The monoisotopic (exact) mass is 294 g/mol. The van der Waals surface area contributed by atoms with Crippen molar-refractivity contribution in [3.63, 3.8) is 0 Å². The van der Waals surface area contributed by atoms with E-state index in [1.807, 2.05) is 0 Å². The molecule has 3 fully saturated rings. The Morgan fingerprint density at radius 1 is 1.19 bits per heavy atom. The first-order valence-electron chi connectivity index (χ1n) is 8.79. The van der Waals surface area contributed by atoms with Crippen molar-refractivity contribution in [1.29, 1.82) is 0 Å². The lowest BCUT2D eigenvalue weighted by molar-refractivity contribution is -0.148. The zero-order valence-corrected chi connectivity index (χ0v) is 13.6. The minimum atomic E-state index is -0.141. The third-order valence-electron chi connectivity index (χ3n) is 5.26. The summed E-state index contributed by atoms with van der Waals surface area (Å²) in [6.45, 7) is 9.82. The molecule has 3 atom stereocenters. The molecular weight excluding hydrogens is 264 g/mol. The number of likely N-dealkylation sites (tertiary alicyclic amines) is 2. The van der Waals surface area contributed by atoms with Crippen molar-refractivity contribution in [3.8, 4) is 0 Å². The highest BCUT2D eigenvalue weighted by atomic mass is 16.5. The van der Waals surface area contributed by atoms with Gasteiger partial charge in [0.25, 0.3) is 5.91 Å². The van der Waals surface area contributed by atoms with E-state index in [4.69, 9.17) is 4.74 Å². The lowest BCUT2D eigenvalue weighted by Crippen LogP contribution is -2.57. The van der Waals surface area contributed by atoms with Crippen molar-refractivity contribution in [2.75, 3.05) is 32.8 Å². The molecule has 4 nitrogen and oxygen atoms in total. The predicted molar refractivity (Wildman–Crippen MR) is 83.1 cm³/mol. The van der Waals surface area contributed by atoms with Gasteiger partial charge in [0.05, 0.1) is 0 Å². The van der Waals surface area contributed by atoms with Crippen LogP contribution in [-0.4, -0.2) is 60.6 Å². The van der Waals surface area contributed by atoms with E-state index in [0.29, 0.717) is 12.0 Å². The molecule has 120 valence electrons. The fourth-order valence-electron chi connectivity index (χ4n) is 4.39. The molecule has 21 heavy (non-hydrogen) atoms. The Labute approximate surface area is 128 Å². The molecule has 0 saturated carbocycles. The lowest BCUT2D eigenvalue weighted by Gasteiger charge is -2.48. The highest BCUT2D eigenvalue weighted by Crippen LogP contribution is 2.32. The number of carbonyl (C=O) groups is 1. The first kappa shape index (κ1) is 15.3. The topological polar surface area (TPSA) is 32.8 Å². The Hall–Kier alpha value is -0.610. The molecule has 4 heteroatoms. The average molecular weight is 294 g/mol. The van der Waals surface area contributed by atoms with Gasteiger partial charge in [0.2, 0.25) is 0 Å². The van der Waals surface area contributed by atoms with E-state index in [2.05, 4.69) is 23.6 Å². The zero-order chi connectivity index (χ0) is 14.8. The fraction of sp³-hybridized carbons (Fsp3) is 0.941. The quantitative estimate of drug-likeness (QED) is 0.799. The molecule has 0 aromatic heterocycles. The van der Waals surface area contributed by atoms with E-state index in [1.54, 1.807) is 0 Å². The van der Waals surface area contributed by atoms with Crippen molar-refractivity contribution < 1.29 is 9.53 Å². The first-order valence-corrected chi connectivity index (χ1v) is 8.79. The van der Waals surface area contributed by atoms with Crippen LogP contribution in [0.5, 0.6) is 0 Å². The van der Waals surface area contributed by atoms with E-state index < -0.39 is 0 Å². The number of amides is 1. The van der Waals surface area contributed by atoms with Gasteiger partial charge in [-0.1, -0.05) is 13.8 Å². The van der Waals surface area contributed by atoms with Crippen LogP contribution in [0.4, 0.5) is 0 Å². The average Bonchev–Trinajstić information content (AvgIpc) is 2.99. The van der Waals surface area contributed by atoms with Crippen molar-refractivity contribution in [2.24, 2.45) is 11.8 Å². The number of fused-ring (bicyclic) bond motifs is 1. The van der Waals surface area contributed by atoms with Crippen LogP contribution in [0.25, 0.3) is 0 Å². The van der Waals surface area contributed by atoms with Crippen LogP contribution < -0.4 is 0 Å². The summed E-state index contributed by atoms with van der Waals surface area (Å²) >= 11 is 0. The Morgan fingerprint density at radius 3 is 2.76 bits per heavy atom. The maximum Gasteiger partial charge on any atom is 0.251 e. The second kappa shape index (κ2) is 6.66. The molecule has 0 bridgehead atoms. The number of nitrogens with zero attached hydrogens (tertiary/aromatic N) is 2. The van der Waals surface area contributed by atoms with E-state index in [0.717, 1.165) is 51.3 Å². The molecule has 0 aromatic carbocycles. The summed E-state index contributed by atoms with van der Waals surface area (Å²) in [7, 11) is 0. The fourth-order valence-corrected chi connectivity index (χ4v) is 4.39. The van der Waals surface area contributed by atoms with E-state index >= 15 is 0 Å². The number of piperidine rings is 2. The molecule has 3 rings (SSSR count). The molecule has 1 amide bonds. The third kappa shape index (κ3) is 3.42. The van der Waals surface area contributed by atoms with Gasteiger partial charge in [-0.05, 0) is 43.9 Å². The highest BCUT2D eigenvalue weighted by molar-refractivity contribution is 5.81. The van der Waals surface area contributed by atoms with Crippen LogP contribution in [-0.2, 0) is 9.53 Å². The molecular formula is C17H30N2O2. The van der Waals surface area contributed by atoms with E-state index in [-0.39, 0.29) is 12.0 Å². The molecule has 3 heterocycles. The molecule has 0 aliphatic carbocycles. The van der Waals surface area contributed by atoms with Gasteiger partial charge in [-0.2, -0.15) is 0 Å². The van der Waals surface area contributed by atoms with Gasteiger partial charge in [-0.3, -0.25) is 4.79 Å². The van der Waals surface area contributed by atoms with Gasteiger partial charge in [-0.25, -0.2) is 0 Å². The van der Waals surface area contributed by atoms with Crippen molar-refractivity contribution in [1.82, 2.24) is 9.80 Å². The number of hydrogen-bond donors (Lipinski definition) is 0. The summed E-state index contributed by atoms with van der Waals surface area (Å²) in [5, 5.41) is 0. The number of carbonyl (C=O) groups excluding carboxylic acids is 1. The van der Waals surface area contributed by atoms with Gasteiger partial charge < -0.3 is 14.5 Å². The Bertz CT molecular complexity index is 366. The second-order valence-electron chi connectivity index (χ2n) is 7.45. The largest absolute Gasteiger partial charge is 0.368 e. The van der Waals surface area contributed by atoms with Crippen molar-refractivity contribution in [2.45, 2.75) is 58.1 Å². The van der Waals surface area contributed by atoms with Gasteiger partial charge >= 0.3 is 0 Å². The van der Waals surface area contributed by atoms with Gasteiger partial charge in [-0.15, -0.1) is 0 Å². The second-order valence-corrected chi connectivity index (χ2v) is 7.45. The highest BCUT2D eigenvalue weighted by Gasteiger charge is 2.40. The SMILES string of the molecule is CC(C)CN1CC[C@H]2[C@H](CCCN2C(=O)C2CCCO2)C1. The summed E-state index contributed by atoms with van der Waals surface area (Å²) in [6, 6.07) is 0.471. The van der Waals surface area contributed by atoms with Gasteiger partial charge in [0.15, 0.2) is 0 Å². The molecule has 0 radical (unpaired) electrons. The molecule has 3 aliphatic rings. The standard InChI is InChI=1S/C17H30N2O2/c1-13(2)11-18-9-7-15-14(12-18)5-3-8-19(15)17(20)16-6-4-10-21-16/h13-16H,3-12H2,1-2H3/t14-,15+,16?/m1/s1.